The lowest BCUT2D eigenvalue weighted by atomic mass is 10.2. The van der Waals surface area contributed by atoms with Crippen molar-refractivity contribution in [3.63, 3.8) is 0 Å². The van der Waals surface area contributed by atoms with Gasteiger partial charge in [0.05, 0.1) is 26.7 Å². The summed E-state index contributed by atoms with van der Waals surface area (Å²) in [6, 6.07) is 0. The lowest BCUT2D eigenvalue weighted by Gasteiger charge is -2.32. The van der Waals surface area contributed by atoms with E-state index >= 15 is 0 Å². The Bertz CT molecular complexity index is 156. The summed E-state index contributed by atoms with van der Waals surface area (Å²) < 4.78 is 1.07. The Morgan fingerprint density at radius 2 is 1.53 bits per heavy atom. The lowest BCUT2D eigenvalue weighted by molar-refractivity contribution is -0.898. The molecule has 0 saturated heterocycles. The molecule has 90 valence electrons. The fourth-order valence-corrected chi connectivity index (χ4v) is 1.80. The van der Waals surface area contributed by atoms with E-state index in [0.717, 1.165) is 17.6 Å². The summed E-state index contributed by atoms with van der Waals surface area (Å²) in [5, 5.41) is 0. The van der Waals surface area contributed by atoms with Crippen LogP contribution in [0.25, 0.3) is 0 Å². The summed E-state index contributed by atoms with van der Waals surface area (Å²) in [6.07, 6.45) is 9.39. The molecule has 0 N–H and O–H groups in total. The average molecular weight is 232 g/mol. The highest BCUT2D eigenvalue weighted by molar-refractivity contribution is 4.70. The number of nitrogens with zero attached hydrogens (tertiary/aromatic N) is 1. The van der Waals surface area contributed by atoms with E-state index in [2.05, 4.69) is 27.1 Å². The molecule has 0 fully saturated rings. The molecule has 0 atom stereocenters. The first kappa shape index (κ1) is 17.1. The summed E-state index contributed by atoms with van der Waals surface area (Å²) in [6.45, 7) is 13.3. The van der Waals surface area contributed by atoms with Crippen LogP contribution in [0.5, 0.6) is 0 Å². The van der Waals surface area contributed by atoms with E-state index in [1.165, 1.54) is 32.2 Å². The van der Waals surface area contributed by atoms with Crippen LogP contribution in [0, 0.1) is 0 Å². The first-order valence-electron chi connectivity index (χ1n) is 5.74. The Labute approximate surface area is 102 Å². The Morgan fingerprint density at radius 3 is 1.93 bits per heavy atom. The highest BCUT2D eigenvalue weighted by Gasteiger charge is 2.16. The number of halogens is 1. The van der Waals surface area contributed by atoms with Crippen molar-refractivity contribution in [1.29, 1.82) is 0 Å². The third kappa shape index (κ3) is 8.71. The predicted octanol–water partition coefficient (Wildman–Crippen LogP) is 0.389. The number of likely N-dealkylation sites (N-methyl/N-ethyl adjacent to an activating group) is 1. The van der Waals surface area contributed by atoms with Crippen molar-refractivity contribution >= 4 is 0 Å². The van der Waals surface area contributed by atoms with Crippen molar-refractivity contribution in [3.05, 3.63) is 25.3 Å². The van der Waals surface area contributed by atoms with Gasteiger partial charge in [-0.3, -0.25) is 0 Å². The van der Waals surface area contributed by atoms with E-state index < -0.39 is 0 Å². The monoisotopic (exact) mass is 231 g/mol. The molecule has 0 aliphatic rings. The third-order valence-corrected chi connectivity index (χ3v) is 2.69. The molecule has 0 heterocycles. The molecule has 0 aromatic heterocycles. The molecule has 0 radical (unpaired) electrons. The maximum Gasteiger partial charge on any atom is 0.0971 e. The van der Waals surface area contributed by atoms with Crippen LogP contribution >= 0.6 is 0 Å². The highest BCUT2D eigenvalue weighted by Crippen LogP contribution is 2.08. The lowest BCUT2D eigenvalue weighted by Crippen LogP contribution is -3.00. The Morgan fingerprint density at radius 1 is 1.00 bits per heavy atom. The van der Waals surface area contributed by atoms with E-state index in [9.17, 15) is 0 Å². The van der Waals surface area contributed by atoms with Gasteiger partial charge >= 0.3 is 0 Å². The van der Waals surface area contributed by atoms with Crippen LogP contribution in [-0.2, 0) is 0 Å². The molecule has 2 heteroatoms. The molecule has 15 heavy (non-hydrogen) atoms. The average Bonchev–Trinajstić information content (AvgIpc) is 2.13. The topological polar surface area (TPSA) is 0 Å². The zero-order valence-corrected chi connectivity index (χ0v) is 11.1. The first-order chi connectivity index (χ1) is 6.68. The summed E-state index contributed by atoms with van der Waals surface area (Å²) in [7, 11) is 2.29. The maximum atomic E-state index is 3.82. The van der Waals surface area contributed by atoms with Crippen molar-refractivity contribution in [2.45, 2.75) is 32.6 Å². The molecular formula is C13H26ClN. The minimum Gasteiger partial charge on any atom is -1.00 e. The number of quaternary nitrogens is 1. The van der Waals surface area contributed by atoms with Gasteiger partial charge in [0.25, 0.3) is 0 Å². The van der Waals surface area contributed by atoms with Gasteiger partial charge in [0.15, 0.2) is 0 Å². The number of hydrogen-bond acceptors (Lipinski definition) is 0. The summed E-state index contributed by atoms with van der Waals surface area (Å²) in [4.78, 5) is 0. The van der Waals surface area contributed by atoms with Gasteiger partial charge in [-0.1, -0.05) is 32.9 Å². The Kier molecular flexibility index (Phi) is 11.7. The molecule has 0 aromatic carbocycles. The number of hydrogen-bond donors (Lipinski definition) is 0. The number of rotatable bonds is 9. The van der Waals surface area contributed by atoms with Crippen molar-refractivity contribution in [2.75, 3.05) is 26.7 Å². The van der Waals surface area contributed by atoms with Gasteiger partial charge in [0.1, 0.15) is 0 Å². The van der Waals surface area contributed by atoms with Crippen LogP contribution in [0.2, 0.25) is 0 Å². The van der Waals surface area contributed by atoms with Gasteiger partial charge < -0.3 is 16.9 Å². The molecule has 0 amide bonds. The largest absolute Gasteiger partial charge is 1.00 e. The molecular weight excluding hydrogens is 206 g/mol. The van der Waals surface area contributed by atoms with E-state index in [4.69, 9.17) is 0 Å². The van der Waals surface area contributed by atoms with Crippen LogP contribution < -0.4 is 12.4 Å². The van der Waals surface area contributed by atoms with Crippen molar-refractivity contribution < 1.29 is 16.9 Å². The fraction of sp³-hybridized carbons (Fsp3) is 0.692. The predicted molar refractivity (Wildman–Crippen MR) is 65.3 cm³/mol. The second kappa shape index (κ2) is 10.3. The minimum atomic E-state index is 0. The smallest absolute Gasteiger partial charge is 0.0971 e. The second-order valence-electron chi connectivity index (χ2n) is 4.35. The molecule has 0 aromatic rings. The van der Waals surface area contributed by atoms with Crippen LogP contribution in [0.1, 0.15) is 32.6 Å². The third-order valence-electron chi connectivity index (χ3n) is 2.69. The first-order valence-corrected chi connectivity index (χ1v) is 5.74. The molecule has 0 unspecified atom stereocenters. The van der Waals surface area contributed by atoms with Gasteiger partial charge in [0.2, 0.25) is 0 Å². The van der Waals surface area contributed by atoms with E-state index in [0.29, 0.717) is 0 Å². The van der Waals surface area contributed by atoms with Gasteiger partial charge in [-0.2, -0.15) is 0 Å². The highest BCUT2D eigenvalue weighted by atomic mass is 35.5. The Balaban J connectivity index is 0. The second-order valence-corrected chi connectivity index (χ2v) is 4.35. The van der Waals surface area contributed by atoms with Gasteiger partial charge in [0, 0.05) is 0 Å². The fourth-order valence-electron chi connectivity index (χ4n) is 1.80. The molecule has 0 spiro atoms. The summed E-state index contributed by atoms with van der Waals surface area (Å²) in [5.74, 6) is 0. The van der Waals surface area contributed by atoms with Crippen LogP contribution in [0.3, 0.4) is 0 Å². The number of unbranched alkanes of at least 4 members (excludes halogenated alkanes) is 3. The van der Waals surface area contributed by atoms with Gasteiger partial charge in [-0.25, -0.2) is 0 Å². The van der Waals surface area contributed by atoms with Crippen LogP contribution in [0.15, 0.2) is 25.3 Å². The zero-order chi connectivity index (χ0) is 10.9. The maximum absolute atomic E-state index is 3.82. The van der Waals surface area contributed by atoms with E-state index in [1.54, 1.807) is 0 Å². The SMILES string of the molecule is C=CC[N+](C)(CC=C)CCCCCC.[Cl-]. The van der Waals surface area contributed by atoms with Crippen LogP contribution in [0.4, 0.5) is 0 Å². The summed E-state index contributed by atoms with van der Waals surface area (Å²) >= 11 is 0. The van der Waals surface area contributed by atoms with E-state index in [1.807, 2.05) is 12.2 Å². The van der Waals surface area contributed by atoms with Gasteiger partial charge in [-0.15, -0.1) is 0 Å². The standard InChI is InChI=1S/C13H26N.ClH/c1-5-8-9-10-13-14(4,11-6-2)12-7-3;/h6-7H,2-3,5,8-13H2,1,4H3;1H/q+1;/p-1. The molecule has 0 aliphatic heterocycles. The molecule has 0 bridgehead atoms. The Hall–Kier alpha value is -0.270. The quantitative estimate of drug-likeness (QED) is 0.306. The van der Waals surface area contributed by atoms with E-state index in [-0.39, 0.29) is 12.4 Å². The molecule has 1 nitrogen and oxygen atoms in total. The van der Waals surface area contributed by atoms with Crippen molar-refractivity contribution in [3.8, 4) is 0 Å². The zero-order valence-electron chi connectivity index (χ0n) is 10.3. The molecule has 0 rings (SSSR count). The van der Waals surface area contributed by atoms with Crippen molar-refractivity contribution in [2.24, 2.45) is 0 Å². The molecule has 0 saturated carbocycles. The normalized spacial score (nSPS) is 10.5. The summed E-state index contributed by atoms with van der Waals surface area (Å²) in [5.41, 5.74) is 0. The molecule has 0 aliphatic carbocycles. The van der Waals surface area contributed by atoms with Crippen molar-refractivity contribution in [1.82, 2.24) is 0 Å². The van der Waals surface area contributed by atoms with Gasteiger partial charge in [-0.05, 0) is 25.0 Å². The minimum absolute atomic E-state index is 0. The van der Waals surface area contributed by atoms with Crippen LogP contribution in [-0.4, -0.2) is 31.2 Å².